The quantitative estimate of drug-likeness (QED) is 0.805. The van der Waals surface area contributed by atoms with E-state index in [9.17, 15) is 9.59 Å². The Kier molecular flexibility index (Phi) is 3.33. The SMILES string of the molecule is O=C(c1ccccn1)N1CC(=O)N2CCc3ccccc3C2C1. The third-order valence-electron chi connectivity index (χ3n) is 4.62. The van der Waals surface area contributed by atoms with Crippen LogP contribution in [0.25, 0.3) is 0 Å². The summed E-state index contributed by atoms with van der Waals surface area (Å²) in [6.07, 6.45) is 2.48. The first-order chi connectivity index (χ1) is 11.2. The van der Waals surface area contributed by atoms with Gasteiger partial charge in [0.15, 0.2) is 0 Å². The van der Waals surface area contributed by atoms with Gasteiger partial charge in [-0.2, -0.15) is 0 Å². The Morgan fingerprint density at radius 2 is 1.96 bits per heavy atom. The number of piperazine rings is 1. The number of carbonyl (C=O) groups is 2. The molecule has 0 aliphatic carbocycles. The van der Waals surface area contributed by atoms with Gasteiger partial charge in [-0.1, -0.05) is 30.3 Å². The minimum atomic E-state index is -0.179. The molecule has 116 valence electrons. The third-order valence-corrected chi connectivity index (χ3v) is 4.62. The van der Waals surface area contributed by atoms with Crippen molar-refractivity contribution >= 4 is 11.8 Å². The van der Waals surface area contributed by atoms with Crippen LogP contribution in [0.1, 0.15) is 27.7 Å². The maximum absolute atomic E-state index is 12.6. The Bertz CT molecular complexity index is 760. The number of fused-ring (bicyclic) bond motifs is 3. The van der Waals surface area contributed by atoms with Gasteiger partial charge < -0.3 is 9.80 Å². The van der Waals surface area contributed by atoms with E-state index in [1.807, 2.05) is 17.0 Å². The van der Waals surface area contributed by atoms with Gasteiger partial charge in [-0.05, 0) is 29.7 Å². The predicted octanol–water partition coefficient (Wildman–Crippen LogP) is 1.66. The summed E-state index contributed by atoms with van der Waals surface area (Å²) in [4.78, 5) is 32.8. The number of aromatic nitrogens is 1. The zero-order valence-corrected chi connectivity index (χ0v) is 12.7. The first-order valence-electron chi connectivity index (χ1n) is 7.81. The van der Waals surface area contributed by atoms with Crippen LogP contribution in [0.4, 0.5) is 0 Å². The second-order valence-electron chi connectivity index (χ2n) is 5.95. The van der Waals surface area contributed by atoms with Gasteiger partial charge in [-0.15, -0.1) is 0 Å². The molecule has 5 heteroatoms. The van der Waals surface area contributed by atoms with Crippen molar-refractivity contribution in [2.45, 2.75) is 12.5 Å². The lowest BCUT2D eigenvalue weighted by atomic mass is 9.90. The molecule has 2 amide bonds. The highest BCUT2D eigenvalue weighted by molar-refractivity contribution is 5.95. The predicted molar refractivity (Wildman–Crippen MR) is 84.7 cm³/mol. The Labute approximate surface area is 134 Å². The van der Waals surface area contributed by atoms with Crippen LogP contribution >= 0.6 is 0 Å². The smallest absolute Gasteiger partial charge is 0.272 e. The summed E-state index contributed by atoms with van der Waals surface area (Å²) in [7, 11) is 0. The second-order valence-corrected chi connectivity index (χ2v) is 5.95. The minimum absolute atomic E-state index is 0.0139. The van der Waals surface area contributed by atoms with Crippen molar-refractivity contribution in [2.75, 3.05) is 19.6 Å². The van der Waals surface area contributed by atoms with Gasteiger partial charge in [0.25, 0.3) is 5.91 Å². The van der Waals surface area contributed by atoms with Gasteiger partial charge in [0.2, 0.25) is 5.91 Å². The molecule has 0 bridgehead atoms. The molecule has 1 saturated heterocycles. The average molecular weight is 307 g/mol. The van der Waals surface area contributed by atoms with Crippen LogP contribution in [-0.4, -0.2) is 46.2 Å². The van der Waals surface area contributed by atoms with Gasteiger partial charge in [0.1, 0.15) is 12.2 Å². The summed E-state index contributed by atoms with van der Waals surface area (Å²) in [5, 5.41) is 0. The summed E-state index contributed by atoms with van der Waals surface area (Å²) in [5.74, 6) is -0.165. The topological polar surface area (TPSA) is 53.5 Å². The molecule has 1 atom stereocenters. The number of hydrogen-bond donors (Lipinski definition) is 0. The van der Waals surface area contributed by atoms with E-state index in [0.29, 0.717) is 12.2 Å². The van der Waals surface area contributed by atoms with Crippen molar-refractivity contribution in [3.8, 4) is 0 Å². The molecule has 1 aromatic heterocycles. The molecule has 2 aliphatic rings. The first-order valence-corrected chi connectivity index (χ1v) is 7.81. The molecular weight excluding hydrogens is 290 g/mol. The van der Waals surface area contributed by atoms with Crippen LogP contribution in [0.3, 0.4) is 0 Å². The summed E-state index contributed by atoms with van der Waals surface area (Å²) >= 11 is 0. The zero-order valence-electron chi connectivity index (χ0n) is 12.7. The molecule has 0 N–H and O–H groups in total. The molecule has 0 spiro atoms. The first kappa shape index (κ1) is 13.9. The number of hydrogen-bond acceptors (Lipinski definition) is 3. The van der Waals surface area contributed by atoms with Gasteiger partial charge in [0.05, 0.1) is 6.04 Å². The molecular formula is C18H17N3O2. The number of carbonyl (C=O) groups excluding carboxylic acids is 2. The fourth-order valence-electron chi connectivity index (χ4n) is 3.48. The van der Waals surface area contributed by atoms with Gasteiger partial charge >= 0.3 is 0 Å². The number of amides is 2. The molecule has 5 nitrogen and oxygen atoms in total. The fraction of sp³-hybridized carbons (Fsp3) is 0.278. The van der Waals surface area contributed by atoms with Gasteiger partial charge in [0, 0.05) is 19.3 Å². The lowest BCUT2D eigenvalue weighted by molar-refractivity contribution is -0.139. The summed E-state index contributed by atoms with van der Waals surface area (Å²) in [6, 6.07) is 13.4. The van der Waals surface area contributed by atoms with E-state index < -0.39 is 0 Å². The Morgan fingerprint density at radius 3 is 2.78 bits per heavy atom. The van der Waals surface area contributed by atoms with E-state index in [-0.39, 0.29) is 24.4 Å². The molecule has 2 aromatic rings. The van der Waals surface area contributed by atoms with Crippen molar-refractivity contribution in [1.29, 1.82) is 0 Å². The van der Waals surface area contributed by atoms with E-state index in [1.54, 1.807) is 29.3 Å². The average Bonchev–Trinajstić information content (AvgIpc) is 2.61. The van der Waals surface area contributed by atoms with Crippen LogP contribution in [0.2, 0.25) is 0 Å². The standard InChI is InChI=1S/C18H17N3O2/c22-17-12-20(18(23)15-7-3-4-9-19-15)11-16-14-6-2-1-5-13(14)8-10-21(16)17/h1-7,9,16H,8,10-12H2. The lowest BCUT2D eigenvalue weighted by Crippen LogP contribution is -2.55. The molecule has 4 rings (SSSR count). The molecule has 2 aliphatic heterocycles. The van der Waals surface area contributed by atoms with Gasteiger partial charge in [-0.25, -0.2) is 0 Å². The highest BCUT2D eigenvalue weighted by Crippen LogP contribution is 2.33. The highest BCUT2D eigenvalue weighted by Gasteiger charge is 2.38. The Balaban J connectivity index is 1.65. The summed E-state index contributed by atoms with van der Waals surface area (Å²) in [5.41, 5.74) is 2.82. The largest absolute Gasteiger partial charge is 0.332 e. The van der Waals surface area contributed by atoms with E-state index in [2.05, 4.69) is 17.1 Å². The number of pyridine rings is 1. The Morgan fingerprint density at radius 1 is 1.13 bits per heavy atom. The van der Waals surface area contributed by atoms with Crippen LogP contribution in [0.5, 0.6) is 0 Å². The van der Waals surface area contributed by atoms with Gasteiger partial charge in [-0.3, -0.25) is 14.6 Å². The van der Waals surface area contributed by atoms with Crippen LogP contribution in [0, 0.1) is 0 Å². The Hall–Kier alpha value is -2.69. The molecule has 1 fully saturated rings. The van der Waals surface area contributed by atoms with Crippen molar-refractivity contribution in [3.05, 3.63) is 65.5 Å². The van der Waals surface area contributed by atoms with E-state index in [4.69, 9.17) is 0 Å². The fourth-order valence-corrected chi connectivity index (χ4v) is 3.48. The van der Waals surface area contributed by atoms with E-state index in [0.717, 1.165) is 18.5 Å². The zero-order chi connectivity index (χ0) is 15.8. The molecule has 0 radical (unpaired) electrons. The molecule has 0 saturated carbocycles. The second kappa shape index (κ2) is 5.50. The van der Waals surface area contributed by atoms with Crippen LogP contribution in [-0.2, 0) is 11.2 Å². The monoisotopic (exact) mass is 307 g/mol. The van der Waals surface area contributed by atoms with Crippen LogP contribution in [0.15, 0.2) is 48.7 Å². The number of rotatable bonds is 1. The molecule has 1 unspecified atom stereocenters. The number of nitrogens with zero attached hydrogens (tertiary/aromatic N) is 3. The molecule has 1 aromatic carbocycles. The maximum atomic E-state index is 12.6. The number of benzene rings is 1. The minimum Gasteiger partial charge on any atom is -0.332 e. The summed E-state index contributed by atoms with van der Waals surface area (Å²) in [6.45, 7) is 1.39. The van der Waals surface area contributed by atoms with Crippen LogP contribution < -0.4 is 0 Å². The van der Waals surface area contributed by atoms with E-state index >= 15 is 0 Å². The normalized spacial score (nSPS) is 20.0. The molecule has 23 heavy (non-hydrogen) atoms. The summed E-state index contributed by atoms with van der Waals surface area (Å²) < 4.78 is 0. The van der Waals surface area contributed by atoms with Crippen molar-refractivity contribution < 1.29 is 9.59 Å². The maximum Gasteiger partial charge on any atom is 0.272 e. The van der Waals surface area contributed by atoms with Crippen molar-refractivity contribution in [1.82, 2.24) is 14.8 Å². The highest BCUT2D eigenvalue weighted by atomic mass is 16.2. The molecule has 3 heterocycles. The van der Waals surface area contributed by atoms with E-state index in [1.165, 1.54) is 5.56 Å². The van der Waals surface area contributed by atoms with Crippen molar-refractivity contribution in [2.24, 2.45) is 0 Å². The third kappa shape index (κ3) is 2.38. The van der Waals surface area contributed by atoms with Crippen molar-refractivity contribution in [3.63, 3.8) is 0 Å². The lowest BCUT2D eigenvalue weighted by Gasteiger charge is -2.44.